The molecule has 2 amide bonds. The molecule has 1 atom stereocenters. The fourth-order valence-electron chi connectivity index (χ4n) is 2.81. The number of carbonyl (C=O) groups is 1. The highest BCUT2D eigenvalue weighted by molar-refractivity contribution is 7.15. The van der Waals surface area contributed by atoms with Crippen LogP contribution in [0.2, 0.25) is 0 Å². The van der Waals surface area contributed by atoms with Crippen molar-refractivity contribution in [3.05, 3.63) is 5.01 Å². The largest absolute Gasteiger partial charge is 0.350 e. The highest BCUT2D eigenvalue weighted by Gasteiger charge is 2.33. The second-order valence-corrected chi connectivity index (χ2v) is 8.03. The summed E-state index contributed by atoms with van der Waals surface area (Å²) in [5.41, 5.74) is -0.0615. The van der Waals surface area contributed by atoms with Crippen molar-refractivity contribution in [3.63, 3.8) is 0 Å². The molecule has 3 rings (SSSR count). The Morgan fingerprint density at radius 2 is 2.04 bits per heavy atom. The van der Waals surface area contributed by atoms with Crippen molar-refractivity contribution in [1.29, 1.82) is 0 Å². The summed E-state index contributed by atoms with van der Waals surface area (Å²) in [4.78, 5) is 14.3. The Morgan fingerprint density at radius 3 is 2.70 bits per heavy atom. The van der Waals surface area contributed by atoms with E-state index in [4.69, 9.17) is 9.47 Å². The molecule has 2 fully saturated rings. The predicted molar refractivity (Wildman–Crippen MR) is 87.6 cm³/mol. The summed E-state index contributed by atoms with van der Waals surface area (Å²) in [6.07, 6.45) is 1.83. The van der Waals surface area contributed by atoms with Crippen molar-refractivity contribution in [2.45, 2.75) is 45.3 Å². The summed E-state index contributed by atoms with van der Waals surface area (Å²) >= 11 is 1.43. The first kappa shape index (κ1) is 16.6. The molecule has 0 aromatic carbocycles. The third-order valence-corrected chi connectivity index (χ3v) is 5.32. The first-order chi connectivity index (χ1) is 10.9. The molecule has 128 valence electrons. The van der Waals surface area contributed by atoms with E-state index >= 15 is 0 Å². The van der Waals surface area contributed by atoms with Gasteiger partial charge in [-0.3, -0.25) is 5.32 Å². The number of hydrogen-bond acceptors (Lipinski definition) is 6. The number of carbonyl (C=O) groups excluding carboxylic acids is 1. The lowest BCUT2D eigenvalue weighted by Crippen LogP contribution is -2.45. The Balaban J connectivity index is 1.58. The van der Waals surface area contributed by atoms with Crippen LogP contribution in [0.3, 0.4) is 0 Å². The van der Waals surface area contributed by atoms with E-state index < -0.39 is 0 Å². The minimum absolute atomic E-state index is 0.0615. The van der Waals surface area contributed by atoms with E-state index in [0.29, 0.717) is 24.9 Å². The van der Waals surface area contributed by atoms with Crippen molar-refractivity contribution < 1.29 is 14.3 Å². The maximum Gasteiger partial charge on any atom is 0.323 e. The van der Waals surface area contributed by atoms with Gasteiger partial charge in [0.2, 0.25) is 5.13 Å². The molecule has 8 heteroatoms. The predicted octanol–water partition coefficient (Wildman–Crippen LogP) is 2.45. The van der Waals surface area contributed by atoms with Gasteiger partial charge in [0.25, 0.3) is 0 Å². The Morgan fingerprint density at radius 1 is 1.30 bits per heavy atom. The van der Waals surface area contributed by atoms with Gasteiger partial charge >= 0.3 is 6.03 Å². The van der Waals surface area contributed by atoms with Gasteiger partial charge in [-0.05, 0) is 12.8 Å². The zero-order chi connectivity index (χ0) is 16.4. The topological polar surface area (TPSA) is 76.6 Å². The summed E-state index contributed by atoms with van der Waals surface area (Å²) < 4.78 is 11.2. The lowest BCUT2D eigenvalue weighted by molar-refractivity contribution is -0.0959. The highest BCUT2D eigenvalue weighted by atomic mass is 32.1. The van der Waals surface area contributed by atoms with Crippen molar-refractivity contribution in [1.82, 2.24) is 15.1 Å². The van der Waals surface area contributed by atoms with Gasteiger partial charge in [-0.25, -0.2) is 4.79 Å². The van der Waals surface area contributed by atoms with E-state index in [1.165, 1.54) is 11.3 Å². The number of nitrogens with one attached hydrogen (secondary N) is 1. The second-order valence-electron chi connectivity index (χ2n) is 7.05. The zero-order valence-electron chi connectivity index (χ0n) is 13.9. The van der Waals surface area contributed by atoms with Crippen LogP contribution in [-0.4, -0.2) is 53.7 Å². The van der Waals surface area contributed by atoms with Crippen LogP contribution >= 0.6 is 11.3 Å². The van der Waals surface area contributed by atoms with Gasteiger partial charge in [0.15, 0.2) is 6.29 Å². The molecule has 1 aromatic rings. The third-order valence-electron chi connectivity index (χ3n) is 4.06. The van der Waals surface area contributed by atoms with Crippen molar-refractivity contribution in [2.75, 3.05) is 31.6 Å². The monoisotopic (exact) mass is 340 g/mol. The average molecular weight is 340 g/mol. The highest BCUT2D eigenvalue weighted by Crippen LogP contribution is 2.29. The van der Waals surface area contributed by atoms with E-state index in [2.05, 4.69) is 36.3 Å². The van der Waals surface area contributed by atoms with Crippen molar-refractivity contribution in [2.24, 2.45) is 5.92 Å². The standard InChI is InChI=1S/C15H24N4O3S/c1-15(2,3)12-17-18-13(23-12)16-14(20)19-6-4-5-10(9-19)11-21-7-8-22-11/h10-11H,4-9H2,1-3H3,(H,16,18,20). The number of aromatic nitrogens is 2. The Kier molecular flexibility index (Phi) is 4.84. The van der Waals surface area contributed by atoms with Crippen LogP contribution in [0.1, 0.15) is 38.6 Å². The van der Waals surface area contributed by atoms with Crippen molar-refractivity contribution in [3.8, 4) is 0 Å². The molecule has 0 aliphatic carbocycles. The number of ether oxygens (including phenoxy) is 2. The Bertz CT molecular complexity index is 551. The van der Waals surface area contributed by atoms with Crippen LogP contribution in [-0.2, 0) is 14.9 Å². The minimum Gasteiger partial charge on any atom is -0.350 e. The molecule has 0 radical (unpaired) electrons. The molecule has 0 saturated carbocycles. The first-order valence-corrected chi connectivity index (χ1v) is 8.88. The number of rotatable bonds is 2. The number of amides is 2. The smallest absolute Gasteiger partial charge is 0.323 e. The third kappa shape index (κ3) is 3.99. The fourth-order valence-corrected chi connectivity index (χ4v) is 3.60. The lowest BCUT2D eigenvalue weighted by atomic mass is 9.98. The molecule has 2 aliphatic rings. The van der Waals surface area contributed by atoms with Gasteiger partial charge in [-0.1, -0.05) is 32.1 Å². The molecule has 3 heterocycles. The van der Waals surface area contributed by atoms with E-state index in [1.807, 2.05) is 4.90 Å². The minimum atomic E-state index is -0.167. The van der Waals surface area contributed by atoms with Crippen LogP contribution in [0.25, 0.3) is 0 Å². The molecule has 0 bridgehead atoms. The SMILES string of the molecule is CC(C)(C)c1nnc(NC(=O)N2CCCC(C3OCCO3)C2)s1. The molecule has 2 saturated heterocycles. The summed E-state index contributed by atoms with van der Waals surface area (Å²) in [5, 5.41) is 12.6. The van der Waals surface area contributed by atoms with Crippen LogP contribution in [0.4, 0.5) is 9.93 Å². The summed E-state index contributed by atoms with van der Waals surface area (Å²) in [6.45, 7) is 8.94. The van der Waals surface area contributed by atoms with Gasteiger partial charge in [0.1, 0.15) is 5.01 Å². The second kappa shape index (κ2) is 6.70. The molecule has 23 heavy (non-hydrogen) atoms. The van der Waals surface area contributed by atoms with Gasteiger partial charge in [0, 0.05) is 24.4 Å². The Labute approximate surface area is 140 Å². The fraction of sp³-hybridized carbons (Fsp3) is 0.800. The van der Waals surface area contributed by atoms with E-state index in [0.717, 1.165) is 24.4 Å². The molecular formula is C15H24N4O3S. The van der Waals surface area contributed by atoms with Crippen LogP contribution in [0, 0.1) is 5.92 Å². The molecule has 1 aromatic heterocycles. The molecular weight excluding hydrogens is 316 g/mol. The van der Waals surface area contributed by atoms with Crippen LogP contribution < -0.4 is 5.32 Å². The van der Waals surface area contributed by atoms with Gasteiger partial charge < -0.3 is 14.4 Å². The Hall–Kier alpha value is -1.25. The van der Waals surface area contributed by atoms with E-state index in [9.17, 15) is 4.79 Å². The maximum atomic E-state index is 12.5. The molecule has 0 spiro atoms. The molecule has 7 nitrogen and oxygen atoms in total. The molecule has 1 unspecified atom stereocenters. The van der Waals surface area contributed by atoms with Gasteiger partial charge in [0.05, 0.1) is 13.2 Å². The molecule has 2 aliphatic heterocycles. The summed E-state index contributed by atoms with van der Waals surface area (Å²) in [6, 6.07) is -0.121. The van der Waals surface area contributed by atoms with Gasteiger partial charge in [-0.2, -0.15) is 0 Å². The normalized spacial score (nSPS) is 23.3. The summed E-state index contributed by atoms with van der Waals surface area (Å²) in [5.74, 6) is 0.247. The van der Waals surface area contributed by atoms with Crippen molar-refractivity contribution >= 4 is 22.5 Å². The van der Waals surface area contributed by atoms with Gasteiger partial charge in [-0.15, -0.1) is 10.2 Å². The maximum absolute atomic E-state index is 12.5. The molecule has 1 N–H and O–H groups in total. The number of anilines is 1. The lowest BCUT2D eigenvalue weighted by Gasteiger charge is -2.34. The summed E-state index contributed by atoms with van der Waals surface area (Å²) in [7, 11) is 0. The first-order valence-electron chi connectivity index (χ1n) is 8.06. The van der Waals surface area contributed by atoms with E-state index in [-0.39, 0.29) is 23.7 Å². The van der Waals surface area contributed by atoms with Crippen LogP contribution in [0.15, 0.2) is 0 Å². The number of nitrogens with zero attached hydrogens (tertiary/aromatic N) is 3. The number of hydrogen-bond donors (Lipinski definition) is 1. The number of urea groups is 1. The van der Waals surface area contributed by atoms with E-state index in [1.54, 1.807) is 0 Å². The number of piperidine rings is 1. The quantitative estimate of drug-likeness (QED) is 0.895. The van der Waals surface area contributed by atoms with Crippen LogP contribution in [0.5, 0.6) is 0 Å². The zero-order valence-corrected chi connectivity index (χ0v) is 14.7. The average Bonchev–Trinajstić information content (AvgIpc) is 3.18. The number of likely N-dealkylation sites (tertiary alicyclic amines) is 1.